The highest BCUT2D eigenvalue weighted by atomic mass is 19.1. The highest BCUT2D eigenvalue weighted by Crippen LogP contribution is 2.21. The zero-order valence-electron chi connectivity index (χ0n) is 12.6. The van der Waals surface area contributed by atoms with Gasteiger partial charge in [-0.2, -0.15) is 0 Å². The quantitative estimate of drug-likeness (QED) is 0.877. The van der Waals surface area contributed by atoms with E-state index < -0.39 is 5.82 Å². The number of hydrogen-bond acceptors (Lipinski definition) is 5. The zero-order valence-corrected chi connectivity index (χ0v) is 12.6. The van der Waals surface area contributed by atoms with Gasteiger partial charge in [0.15, 0.2) is 6.23 Å². The number of anilines is 1. The third kappa shape index (κ3) is 4.37. The van der Waals surface area contributed by atoms with E-state index in [2.05, 4.69) is 41.0 Å². The van der Waals surface area contributed by atoms with Crippen LogP contribution < -0.4 is 10.1 Å². The molecule has 0 saturated carbocycles. The molecule has 2 rings (SSSR count). The topological polar surface area (TPSA) is 59.9 Å². The van der Waals surface area contributed by atoms with Gasteiger partial charge in [0.2, 0.25) is 0 Å². The number of rotatable bonds is 4. The summed E-state index contributed by atoms with van der Waals surface area (Å²) in [7, 11) is 0. The van der Waals surface area contributed by atoms with Crippen molar-refractivity contribution in [2.75, 3.05) is 5.32 Å². The van der Waals surface area contributed by atoms with Crippen molar-refractivity contribution in [3.8, 4) is 5.75 Å². The second-order valence-corrected chi connectivity index (χ2v) is 5.78. The number of nitrogens with one attached hydrogen (secondary N) is 1. The van der Waals surface area contributed by atoms with Gasteiger partial charge in [0, 0.05) is 17.5 Å². The maximum atomic E-state index is 13.0. The van der Waals surface area contributed by atoms with Crippen LogP contribution in [0.1, 0.15) is 33.4 Å². The van der Waals surface area contributed by atoms with Gasteiger partial charge in [-0.3, -0.25) is 4.98 Å². The first kappa shape index (κ1) is 15.2. The number of aromatic nitrogens is 3. The summed E-state index contributed by atoms with van der Waals surface area (Å²) in [6, 6.07) is 3.16. The van der Waals surface area contributed by atoms with Crippen molar-refractivity contribution in [2.24, 2.45) is 0 Å². The molecule has 0 bridgehead atoms. The molecule has 0 aliphatic heterocycles. The van der Waals surface area contributed by atoms with Crippen molar-refractivity contribution in [1.82, 2.24) is 15.0 Å². The lowest BCUT2D eigenvalue weighted by molar-refractivity contribution is 0.248. The summed E-state index contributed by atoms with van der Waals surface area (Å²) < 4.78 is 18.6. The summed E-state index contributed by atoms with van der Waals surface area (Å²) in [6.45, 7) is 8.05. The smallest absolute Gasteiger partial charge is 0.168 e. The van der Waals surface area contributed by atoms with Gasteiger partial charge in [0.1, 0.15) is 23.7 Å². The Morgan fingerprint density at radius 2 is 1.95 bits per heavy atom. The van der Waals surface area contributed by atoms with Crippen LogP contribution in [0.5, 0.6) is 5.75 Å². The predicted octanol–water partition coefficient (Wildman–Crippen LogP) is 3.15. The molecule has 2 aromatic rings. The number of pyridine rings is 1. The summed E-state index contributed by atoms with van der Waals surface area (Å²) in [4.78, 5) is 12.2. The van der Waals surface area contributed by atoms with Crippen LogP contribution in [-0.2, 0) is 5.41 Å². The van der Waals surface area contributed by atoms with Gasteiger partial charge in [-0.1, -0.05) is 20.8 Å². The van der Waals surface area contributed by atoms with Gasteiger partial charge in [-0.25, -0.2) is 14.4 Å². The molecule has 1 atom stereocenters. The lowest BCUT2D eigenvalue weighted by Gasteiger charge is -2.20. The van der Waals surface area contributed by atoms with Crippen molar-refractivity contribution in [1.29, 1.82) is 0 Å². The van der Waals surface area contributed by atoms with Crippen molar-refractivity contribution in [2.45, 2.75) is 39.3 Å². The molecule has 112 valence electrons. The standard InChI is InChI=1S/C15H19FN4O/c1-10(21-12-5-11(16)7-17-8-12)20-14-6-13(15(2,3)4)18-9-19-14/h5-10H,1-4H3,(H,18,19,20). The number of nitrogens with zero attached hydrogens (tertiary/aromatic N) is 3. The molecule has 1 N–H and O–H groups in total. The van der Waals surface area contributed by atoms with E-state index in [1.807, 2.05) is 13.0 Å². The lowest BCUT2D eigenvalue weighted by atomic mass is 9.92. The number of ether oxygens (including phenoxy) is 1. The molecule has 0 saturated heterocycles. The summed E-state index contributed by atoms with van der Waals surface area (Å²) in [6.07, 6.45) is 3.72. The molecule has 0 aliphatic rings. The fraction of sp³-hybridized carbons (Fsp3) is 0.400. The van der Waals surface area contributed by atoms with Gasteiger partial charge in [-0.15, -0.1) is 0 Å². The minimum absolute atomic E-state index is 0.0596. The molecular formula is C15H19FN4O. The molecule has 2 aromatic heterocycles. The van der Waals surface area contributed by atoms with Gasteiger partial charge in [0.05, 0.1) is 18.1 Å². The molecule has 6 heteroatoms. The second kappa shape index (κ2) is 6.03. The van der Waals surface area contributed by atoms with Crippen LogP contribution in [0.15, 0.2) is 30.9 Å². The molecule has 2 heterocycles. The average molecular weight is 290 g/mol. The Morgan fingerprint density at radius 3 is 2.62 bits per heavy atom. The average Bonchev–Trinajstić information content (AvgIpc) is 2.37. The minimum atomic E-state index is -0.434. The normalized spacial score (nSPS) is 12.8. The van der Waals surface area contributed by atoms with Crippen LogP contribution in [0.2, 0.25) is 0 Å². The van der Waals surface area contributed by atoms with E-state index in [4.69, 9.17) is 4.74 Å². The Morgan fingerprint density at radius 1 is 1.19 bits per heavy atom. The van der Waals surface area contributed by atoms with E-state index in [0.717, 1.165) is 11.9 Å². The molecule has 0 aromatic carbocycles. The van der Waals surface area contributed by atoms with E-state index in [1.165, 1.54) is 18.6 Å². The van der Waals surface area contributed by atoms with Gasteiger partial charge >= 0.3 is 0 Å². The Hall–Kier alpha value is -2.24. The Kier molecular flexibility index (Phi) is 4.35. The van der Waals surface area contributed by atoms with E-state index in [1.54, 1.807) is 0 Å². The van der Waals surface area contributed by atoms with E-state index in [-0.39, 0.29) is 11.6 Å². The molecule has 1 unspecified atom stereocenters. The molecule has 0 aliphatic carbocycles. The van der Waals surface area contributed by atoms with Crippen LogP contribution in [0, 0.1) is 5.82 Å². The lowest BCUT2D eigenvalue weighted by Crippen LogP contribution is -2.24. The largest absolute Gasteiger partial charge is 0.469 e. The molecule has 5 nitrogen and oxygen atoms in total. The fourth-order valence-electron chi connectivity index (χ4n) is 1.75. The van der Waals surface area contributed by atoms with Crippen LogP contribution in [0.4, 0.5) is 10.2 Å². The van der Waals surface area contributed by atoms with Gasteiger partial charge < -0.3 is 10.1 Å². The van der Waals surface area contributed by atoms with Crippen LogP contribution >= 0.6 is 0 Å². The molecular weight excluding hydrogens is 271 g/mol. The summed E-state index contributed by atoms with van der Waals surface area (Å²) in [5.41, 5.74) is 0.871. The van der Waals surface area contributed by atoms with Crippen LogP contribution in [0.3, 0.4) is 0 Å². The molecule has 21 heavy (non-hydrogen) atoms. The first-order valence-corrected chi connectivity index (χ1v) is 6.71. The Labute approximate surface area is 123 Å². The predicted molar refractivity (Wildman–Crippen MR) is 78.6 cm³/mol. The van der Waals surface area contributed by atoms with Gasteiger partial charge in [-0.05, 0) is 6.92 Å². The third-order valence-electron chi connectivity index (χ3n) is 2.78. The maximum absolute atomic E-state index is 13.0. The third-order valence-corrected chi connectivity index (χ3v) is 2.78. The number of halogens is 1. The molecule has 0 spiro atoms. The SMILES string of the molecule is CC(Nc1cc(C(C)(C)C)ncn1)Oc1cncc(F)c1. The van der Waals surface area contributed by atoms with Crippen LogP contribution in [-0.4, -0.2) is 21.2 Å². The maximum Gasteiger partial charge on any atom is 0.168 e. The highest BCUT2D eigenvalue weighted by molar-refractivity contribution is 5.37. The monoisotopic (exact) mass is 290 g/mol. The molecule has 0 fully saturated rings. The Bertz CT molecular complexity index is 613. The van der Waals surface area contributed by atoms with E-state index >= 15 is 0 Å². The Balaban J connectivity index is 2.04. The van der Waals surface area contributed by atoms with Crippen molar-refractivity contribution >= 4 is 5.82 Å². The summed E-state index contributed by atoms with van der Waals surface area (Å²) in [5.74, 6) is 0.587. The highest BCUT2D eigenvalue weighted by Gasteiger charge is 2.16. The van der Waals surface area contributed by atoms with E-state index in [9.17, 15) is 4.39 Å². The van der Waals surface area contributed by atoms with Crippen molar-refractivity contribution in [3.63, 3.8) is 0 Å². The fourth-order valence-corrected chi connectivity index (χ4v) is 1.75. The first-order chi connectivity index (χ1) is 9.84. The molecule has 0 amide bonds. The summed E-state index contributed by atoms with van der Waals surface area (Å²) >= 11 is 0. The van der Waals surface area contributed by atoms with Crippen LogP contribution in [0.25, 0.3) is 0 Å². The summed E-state index contributed by atoms with van der Waals surface area (Å²) in [5, 5.41) is 3.10. The van der Waals surface area contributed by atoms with Crippen molar-refractivity contribution < 1.29 is 9.13 Å². The minimum Gasteiger partial charge on any atom is -0.469 e. The first-order valence-electron chi connectivity index (χ1n) is 6.71. The second-order valence-electron chi connectivity index (χ2n) is 5.78. The molecule has 0 radical (unpaired) electrons. The van der Waals surface area contributed by atoms with Gasteiger partial charge in [0.25, 0.3) is 0 Å². The van der Waals surface area contributed by atoms with Crippen molar-refractivity contribution in [3.05, 3.63) is 42.4 Å². The van der Waals surface area contributed by atoms with E-state index in [0.29, 0.717) is 11.6 Å². The zero-order chi connectivity index (χ0) is 15.5. The number of hydrogen-bond donors (Lipinski definition) is 1.